The zero-order valence-corrected chi connectivity index (χ0v) is 16.6. The number of hydrogen-bond acceptors (Lipinski definition) is 7. The summed E-state index contributed by atoms with van der Waals surface area (Å²) in [5.74, 6) is 0.881. The van der Waals surface area contributed by atoms with Gasteiger partial charge in [-0.25, -0.2) is 0 Å². The van der Waals surface area contributed by atoms with Crippen molar-refractivity contribution in [1.29, 1.82) is 0 Å². The van der Waals surface area contributed by atoms with Gasteiger partial charge >= 0.3 is 0 Å². The molecule has 146 valence electrons. The van der Waals surface area contributed by atoms with E-state index in [2.05, 4.69) is 26.6 Å². The number of hydrogen-bond donors (Lipinski definition) is 5. The second-order valence-corrected chi connectivity index (χ2v) is 10.1. The number of rotatable bonds is 4. The Hall–Kier alpha value is -0.480. The molecule has 0 aromatic rings. The average Bonchev–Trinajstić information content (AvgIpc) is 3.29. The Bertz CT molecular complexity index is 517. The molecule has 4 aliphatic heterocycles. The van der Waals surface area contributed by atoms with E-state index in [-0.39, 0.29) is 34.6 Å². The maximum absolute atomic E-state index is 12.7. The lowest BCUT2D eigenvalue weighted by Gasteiger charge is -2.27. The van der Waals surface area contributed by atoms with Crippen LogP contribution in [0.5, 0.6) is 0 Å². The van der Waals surface area contributed by atoms with Crippen molar-refractivity contribution in [2.75, 3.05) is 25.4 Å². The van der Waals surface area contributed by atoms with Crippen molar-refractivity contribution in [2.24, 2.45) is 5.92 Å². The number of carbonyl (C=O) groups is 2. The van der Waals surface area contributed by atoms with Crippen molar-refractivity contribution in [1.82, 2.24) is 26.6 Å². The van der Waals surface area contributed by atoms with Crippen LogP contribution in [0, 0.1) is 5.92 Å². The van der Waals surface area contributed by atoms with E-state index in [1.807, 2.05) is 0 Å². The first-order valence-corrected chi connectivity index (χ1v) is 11.8. The molecule has 7 nitrogen and oxygen atoms in total. The molecule has 0 saturated carbocycles. The summed E-state index contributed by atoms with van der Waals surface area (Å²) in [4.78, 5) is 25.4. The largest absolute Gasteiger partial charge is 0.341 e. The van der Waals surface area contributed by atoms with Gasteiger partial charge in [0.2, 0.25) is 11.8 Å². The van der Waals surface area contributed by atoms with Crippen LogP contribution in [0.3, 0.4) is 0 Å². The Morgan fingerprint density at radius 2 is 1.92 bits per heavy atom. The summed E-state index contributed by atoms with van der Waals surface area (Å²) in [7, 11) is 0. The van der Waals surface area contributed by atoms with E-state index in [0.717, 1.165) is 51.1 Å². The highest BCUT2D eigenvalue weighted by molar-refractivity contribution is 8.01. The molecule has 4 aliphatic rings. The minimum Gasteiger partial charge on any atom is -0.341 e. The first-order valence-electron chi connectivity index (χ1n) is 9.79. The van der Waals surface area contributed by atoms with Crippen molar-refractivity contribution in [2.45, 2.75) is 60.3 Å². The molecule has 0 aliphatic carbocycles. The fourth-order valence-corrected chi connectivity index (χ4v) is 6.93. The molecule has 4 saturated heterocycles. The fraction of sp³-hybridized carbons (Fsp3) is 0.882. The Balaban J connectivity index is 1.29. The average molecular weight is 400 g/mol. The third kappa shape index (κ3) is 4.32. The molecule has 4 fully saturated rings. The number of nitrogens with one attached hydrogen (secondary N) is 5. The van der Waals surface area contributed by atoms with Gasteiger partial charge in [-0.2, -0.15) is 0 Å². The monoisotopic (exact) mass is 399 g/mol. The van der Waals surface area contributed by atoms with Gasteiger partial charge in [0.25, 0.3) is 0 Å². The molecule has 0 radical (unpaired) electrons. The molecule has 9 heteroatoms. The molecule has 6 unspecified atom stereocenters. The zero-order valence-electron chi connectivity index (χ0n) is 15.0. The van der Waals surface area contributed by atoms with Gasteiger partial charge in [-0.3, -0.25) is 20.2 Å². The van der Waals surface area contributed by atoms with Gasteiger partial charge in [0, 0.05) is 17.8 Å². The molecule has 4 rings (SSSR count). The predicted molar refractivity (Wildman–Crippen MR) is 106 cm³/mol. The molecule has 0 spiro atoms. The lowest BCUT2D eigenvalue weighted by molar-refractivity contribution is -0.127. The third-order valence-electron chi connectivity index (χ3n) is 5.67. The van der Waals surface area contributed by atoms with Gasteiger partial charge in [-0.1, -0.05) is 0 Å². The predicted octanol–water partition coefficient (Wildman–Crippen LogP) is -0.209. The molecular weight excluding hydrogens is 370 g/mol. The van der Waals surface area contributed by atoms with Crippen LogP contribution >= 0.6 is 23.5 Å². The summed E-state index contributed by atoms with van der Waals surface area (Å²) in [6.07, 6.45) is 5.33. The SMILES string of the molecule is O=C(NC1SCCC1C(=O)NC1CCCCN1)C1NC2CNCCC2S1. The van der Waals surface area contributed by atoms with E-state index in [4.69, 9.17) is 0 Å². The van der Waals surface area contributed by atoms with Crippen LogP contribution in [-0.4, -0.2) is 65.4 Å². The Labute approximate surface area is 163 Å². The van der Waals surface area contributed by atoms with Crippen molar-refractivity contribution < 1.29 is 9.59 Å². The number of fused-ring (bicyclic) bond motifs is 1. The van der Waals surface area contributed by atoms with Crippen LogP contribution in [0.2, 0.25) is 0 Å². The van der Waals surface area contributed by atoms with Crippen LogP contribution < -0.4 is 26.6 Å². The minimum absolute atomic E-state index is 0.0254. The topological polar surface area (TPSA) is 94.3 Å². The van der Waals surface area contributed by atoms with E-state index in [1.165, 1.54) is 6.42 Å². The highest BCUT2D eigenvalue weighted by atomic mass is 32.2. The van der Waals surface area contributed by atoms with Gasteiger partial charge in [0.1, 0.15) is 5.37 Å². The smallest absolute Gasteiger partial charge is 0.248 e. The molecule has 0 bridgehead atoms. The molecular formula is C17H29N5O2S2. The zero-order chi connectivity index (χ0) is 17.9. The molecule has 6 atom stereocenters. The van der Waals surface area contributed by atoms with Gasteiger partial charge in [-0.05, 0) is 50.9 Å². The summed E-state index contributed by atoms with van der Waals surface area (Å²) in [6.45, 7) is 2.92. The normalized spacial score (nSPS) is 40.0. The molecule has 2 amide bonds. The highest BCUT2D eigenvalue weighted by Gasteiger charge is 2.41. The summed E-state index contributed by atoms with van der Waals surface area (Å²) in [5.41, 5.74) is 0. The van der Waals surface area contributed by atoms with Gasteiger partial charge in [-0.15, -0.1) is 23.5 Å². The number of piperidine rings is 2. The molecule has 5 N–H and O–H groups in total. The molecule has 26 heavy (non-hydrogen) atoms. The van der Waals surface area contributed by atoms with Crippen LogP contribution in [0.15, 0.2) is 0 Å². The van der Waals surface area contributed by atoms with E-state index < -0.39 is 0 Å². The maximum Gasteiger partial charge on any atom is 0.248 e. The number of carbonyl (C=O) groups excluding carboxylic acids is 2. The lowest BCUT2D eigenvalue weighted by atomic mass is 10.0. The Morgan fingerprint density at radius 3 is 2.73 bits per heavy atom. The van der Waals surface area contributed by atoms with E-state index in [0.29, 0.717) is 11.3 Å². The summed E-state index contributed by atoms with van der Waals surface area (Å²) < 4.78 is 0. The van der Waals surface area contributed by atoms with Crippen LogP contribution in [0.1, 0.15) is 32.1 Å². The Morgan fingerprint density at radius 1 is 1.00 bits per heavy atom. The van der Waals surface area contributed by atoms with Crippen LogP contribution in [0.4, 0.5) is 0 Å². The van der Waals surface area contributed by atoms with Gasteiger partial charge in [0.15, 0.2) is 0 Å². The lowest BCUT2D eigenvalue weighted by Crippen LogP contribution is -2.53. The highest BCUT2D eigenvalue weighted by Crippen LogP contribution is 2.34. The van der Waals surface area contributed by atoms with Crippen molar-refractivity contribution in [3.05, 3.63) is 0 Å². The molecule has 0 aromatic heterocycles. The van der Waals surface area contributed by atoms with E-state index in [1.54, 1.807) is 23.5 Å². The Kier molecular flexibility index (Phi) is 6.30. The quantitative estimate of drug-likeness (QED) is 0.447. The van der Waals surface area contributed by atoms with E-state index >= 15 is 0 Å². The first kappa shape index (κ1) is 18.9. The second-order valence-electron chi connectivity index (χ2n) is 7.53. The summed E-state index contributed by atoms with van der Waals surface area (Å²) in [5, 5.41) is 16.6. The molecule has 0 aromatic carbocycles. The maximum atomic E-state index is 12.7. The van der Waals surface area contributed by atoms with Gasteiger partial charge < -0.3 is 16.0 Å². The van der Waals surface area contributed by atoms with Gasteiger partial charge in [0.05, 0.1) is 17.5 Å². The second kappa shape index (κ2) is 8.68. The minimum atomic E-state index is -0.199. The summed E-state index contributed by atoms with van der Waals surface area (Å²) >= 11 is 3.43. The van der Waals surface area contributed by atoms with Crippen molar-refractivity contribution >= 4 is 35.3 Å². The fourth-order valence-electron chi connectivity index (χ4n) is 4.18. The molecule has 4 heterocycles. The standard InChI is InChI=1S/C17H29N5O2S2/c23-14(21-13-3-1-2-6-19-13)10-5-8-25-16(10)22-15(24)17-20-11-9-18-7-4-12(11)26-17/h10-13,16-20H,1-9H2,(H,21,23)(H,22,24). The van der Waals surface area contributed by atoms with E-state index in [9.17, 15) is 9.59 Å². The first-order chi connectivity index (χ1) is 12.7. The number of thioether (sulfide) groups is 2. The third-order valence-corrected chi connectivity index (χ3v) is 8.49. The summed E-state index contributed by atoms with van der Waals surface area (Å²) in [6, 6.07) is 0.372. The number of amides is 2. The van der Waals surface area contributed by atoms with Crippen LogP contribution in [-0.2, 0) is 9.59 Å². The van der Waals surface area contributed by atoms with Crippen LogP contribution in [0.25, 0.3) is 0 Å². The van der Waals surface area contributed by atoms with Crippen molar-refractivity contribution in [3.63, 3.8) is 0 Å². The van der Waals surface area contributed by atoms with Crippen molar-refractivity contribution in [3.8, 4) is 0 Å².